The van der Waals surface area contributed by atoms with Gasteiger partial charge in [0.1, 0.15) is 17.7 Å². The van der Waals surface area contributed by atoms with Gasteiger partial charge in [-0.05, 0) is 36.2 Å². The second-order valence-electron chi connectivity index (χ2n) is 6.48. The van der Waals surface area contributed by atoms with Crippen LogP contribution in [0, 0.1) is 11.7 Å². The molecule has 5 nitrogen and oxygen atoms in total. The fourth-order valence-corrected chi connectivity index (χ4v) is 3.10. The summed E-state index contributed by atoms with van der Waals surface area (Å²) in [6.07, 6.45) is 5.20. The lowest BCUT2D eigenvalue weighted by molar-refractivity contribution is 0.0936. The minimum Gasteiger partial charge on any atom is -0.382 e. The Labute approximate surface area is 144 Å². The third kappa shape index (κ3) is 3.07. The number of nitrogens with two attached hydrogens (primary N) is 1. The summed E-state index contributed by atoms with van der Waals surface area (Å²) in [5.41, 5.74) is 8.40. The van der Waals surface area contributed by atoms with Crippen molar-refractivity contribution in [2.75, 3.05) is 5.73 Å². The number of fused-ring (bicyclic) bond motifs is 1. The normalized spacial score (nSPS) is 14.4. The molecule has 0 spiro atoms. The highest BCUT2D eigenvalue weighted by Crippen LogP contribution is 2.31. The van der Waals surface area contributed by atoms with E-state index in [1.165, 1.54) is 24.9 Å². The van der Waals surface area contributed by atoms with Gasteiger partial charge < -0.3 is 5.73 Å². The molecular formula is C19H17FN4O. The molecule has 126 valence electrons. The van der Waals surface area contributed by atoms with Crippen LogP contribution < -0.4 is 5.73 Å². The number of rotatable bonds is 4. The minimum atomic E-state index is -0.450. The standard InChI is InChI=1S/C19H17FN4O/c20-14-8-12(7-13(9-14)17(25)6-11-2-1-3-11)15-4-5-16-18(24-15)19(21)23-10-22-16/h4-5,7-11H,1-3,6H2,(H2,21,22,23). The number of anilines is 1. The van der Waals surface area contributed by atoms with E-state index in [9.17, 15) is 9.18 Å². The maximum absolute atomic E-state index is 14.1. The van der Waals surface area contributed by atoms with Gasteiger partial charge in [0.2, 0.25) is 0 Å². The summed E-state index contributed by atoms with van der Waals surface area (Å²) in [5, 5.41) is 0. The zero-order valence-electron chi connectivity index (χ0n) is 13.6. The van der Waals surface area contributed by atoms with E-state index in [1.807, 2.05) is 0 Å². The first-order chi connectivity index (χ1) is 12.1. The molecular weight excluding hydrogens is 319 g/mol. The molecule has 2 N–H and O–H groups in total. The third-order valence-electron chi connectivity index (χ3n) is 4.72. The maximum atomic E-state index is 14.1. The second kappa shape index (κ2) is 6.20. The summed E-state index contributed by atoms with van der Waals surface area (Å²) in [6.45, 7) is 0. The number of halogens is 1. The first-order valence-corrected chi connectivity index (χ1v) is 8.31. The highest BCUT2D eigenvalue weighted by atomic mass is 19.1. The molecule has 0 saturated heterocycles. The van der Waals surface area contributed by atoms with Crippen LogP contribution in [-0.2, 0) is 0 Å². The van der Waals surface area contributed by atoms with Crippen LogP contribution in [0.2, 0.25) is 0 Å². The number of benzene rings is 1. The molecule has 0 bridgehead atoms. The predicted octanol–water partition coefficient (Wildman–Crippen LogP) is 3.79. The van der Waals surface area contributed by atoms with Gasteiger partial charge >= 0.3 is 0 Å². The van der Waals surface area contributed by atoms with E-state index in [0.29, 0.717) is 40.2 Å². The van der Waals surface area contributed by atoms with Gasteiger partial charge in [0, 0.05) is 17.5 Å². The number of carbonyl (C=O) groups is 1. The predicted molar refractivity (Wildman–Crippen MR) is 93.4 cm³/mol. The van der Waals surface area contributed by atoms with Gasteiger partial charge in [0.05, 0.1) is 11.2 Å². The molecule has 0 atom stereocenters. The third-order valence-corrected chi connectivity index (χ3v) is 4.72. The second-order valence-corrected chi connectivity index (χ2v) is 6.48. The van der Waals surface area contributed by atoms with Crippen molar-refractivity contribution >= 4 is 22.6 Å². The molecule has 4 rings (SSSR count). The Morgan fingerprint density at radius 2 is 2.04 bits per heavy atom. The van der Waals surface area contributed by atoms with E-state index >= 15 is 0 Å². The van der Waals surface area contributed by atoms with Crippen LogP contribution in [0.15, 0.2) is 36.7 Å². The van der Waals surface area contributed by atoms with Crippen LogP contribution >= 0.6 is 0 Å². The van der Waals surface area contributed by atoms with Gasteiger partial charge in [-0.25, -0.2) is 19.3 Å². The molecule has 6 heteroatoms. The quantitative estimate of drug-likeness (QED) is 0.733. The Hall–Kier alpha value is -2.89. The first kappa shape index (κ1) is 15.6. The Morgan fingerprint density at radius 3 is 2.80 bits per heavy atom. The Balaban J connectivity index is 1.72. The first-order valence-electron chi connectivity index (χ1n) is 8.31. The smallest absolute Gasteiger partial charge is 0.163 e. The van der Waals surface area contributed by atoms with Crippen molar-refractivity contribution < 1.29 is 9.18 Å². The Kier molecular flexibility index (Phi) is 3.87. The molecule has 0 radical (unpaired) electrons. The van der Waals surface area contributed by atoms with Crippen LogP contribution in [0.1, 0.15) is 36.0 Å². The Bertz CT molecular complexity index is 969. The van der Waals surface area contributed by atoms with Gasteiger partial charge in [-0.1, -0.05) is 19.3 Å². The number of nitrogens with zero attached hydrogens (tertiary/aromatic N) is 3. The molecule has 0 amide bonds. The monoisotopic (exact) mass is 336 g/mol. The summed E-state index contributed by atoms with van der Waals surface area (Å²) >= 11 is 0. The van der Waals surface area contributed by atoms with Crippen LogP contribution in [0.3, 0.4) is 0 Å². The molecule has 1 aliphatic rings. The van der Waals surface area contributed by atoms with E-state index in [-0.39, 0.29) is 11.6 Å². The lowest BCUT2D eigenvalue weighted by Gasteiger charge is -2.24. The van der Waals surface area contributed by atoms with Gasteiger partial charge in [-0.2, -0.15) is 0 Å². The SMILES string of the molecule is Nc1ncnc2ccc(-c3cc(F)cc(C(=O)CC4CCC4)c3)nc12. The van der Waals surface area contributed by atoms with Gasteiger partial charge in [-0.15, -0.1) is 0 Å². The van der Waals surface area contributed by atoms with E-state index in [4.69, 9.17) is 5.73 Å². The fourth-order valence-electron chi connectivity index (χ4n) is 3.10. The summed E-state index contributed by atoms with van der Waals surface area (Å²) in [6, 6.07) is 7.86. The largest absolute Gasteiger partial charge is 0.382 e. The number of carbonyl (C=O) groups excluding carboxylic acids is 1. The van der Waals surface area contributed by atoms with Crippen molar-refractivity contribution in [3.63, 3.8) is 0 Å². The molecule has 0 aliphatic heterocycles. The van der Waals surface area contributed by atoms with Crippen molar-refractivity contribution in [2.45, 2.75) is 25.7 Å². The van der Waals surface area contributed by atoms with E-state index in [1.54, 1.807) is 18.2 Å². The molecule has 25 heavy (non-hydrogen) atoms. The van der Waals surface area contributed by atoms with E-state index in [0.717, 1.165) is 12.8 Å². The molecule has 1 aromatic carbocycles. The molecule has 1 fully saturated rings. The zero-order chi connectivity index (χ0) is 17.4. The number of aromatic nitrogens is 3. The number of Topliss-reactive ketones (excluding diaryl/α,β-unsaturated/α-hetero) is 1. The van der Waals surface area contributed by atoms with Crippen molar-refractivity contribution in [3.05, 3.63) is 48.0 Å². The van der Waals surface area contributed by atoms with Crippen LogP contribution in [0.25, 0.3) is 22.3 Å². The van der Waals surface area contributed by atoms with Crippen molar-refractivity contribution in [2.24, 2.45) is 5.92 Å². The molecule has 2 heterocycles. The summed E-state index contributed by atoms with van der Waals surface area (Å²) < 4.78 is 14.1. The maximum Gasteiger partial charge on any atom is 0.163 e. The Morgan fingerprint density at radius 1 is 1.20 bits per heavy atom. The molecule has 1 saturated carbocycles. The average Bonchev–Trinajstić information content (AvgIpc) is 2.57. The number of hydrogen-bond donors (Lipinski definition) is 1. The fraction of sp³-hybridized carbons (Fsp3) is 0.263. The highest BCUT2D eigenvalue weighted by Gasteiger charge is 2.22. The van der Waals surface area contributed by atoms with Gasteiger partial charge in [0.15, 0.2) is 11.6 Å². The van der Waals surface area contributed by atoms with Crippen molar-refractivity contribution in [1.82, 2.24) is 15.0 Å². The van der Waals surface area contributed by atoms with E-state index in [2.05, 4.69) is 15.0 Å². The average molecular weight is 336 g/mol. The number of pyridine rings is 1. The zero-order valence-corrected chi connectivity index (χ0v) is 13.6. The minimum absolute atomic E-state index is 0.0194. The number of nitrogen functional groups attached to an aromatic ring is 1. The van der Waals surface area contributed by atoms with Crippen LogP contribution in [0.4, 0.5) is 10.2 Å². The summed E-state index contributed by atoms with van der Waals surface area (Å²) in [5.74, 6) is 0.238. The molecule has 2 aromatic heterocycles. The van der Waals surface area contributed by atoms with E-state index < -0.39 is 5.82 Å². The molecule has 1 aliphatic carbocycles. The highest BCUT2D eigenvalue weighted by molar-refractivity contribution is 5.97. The van der Waals surface area contributed by atoms with Gasteiger partial charge in [-0.3, -0.25) is 4.79 Å². The van der Waals surface area contributed by atoms with Crippen LogP contribution in [-0.4, -0.2) is 20.7 Å². The topological polar surface area (TPSA) is 81.8 Å². The van der Waals surface area contributed by atoms with Crippen molar-refractivity contribution in [1.29, 1.82) is 0 Å². The van der Waals surface area contributed by atoms with Crippen molar-refractivity contribution in [3.8, 4) is 11.3 Å². The summed E-state index contributed by atoms with van der Waals surface area (Å²) in [4.78, 5) is 24.9. The number of hydrogen-bond acceptors (Lipinski definition) is 5. The number of ketones is 1. The molecule has 0 unspecified atom stereocenters. The molecule has 3 aromatic rings. The lowest BCUT2D eigenvalue weighted by atomic mass is 9.81. The lowest BCUT2D eigenvalue weighted by Crippen LogP contribution is -2.16. The van der Waals surface area contributed by atoms with Crippen LogP contribution in [0.5, 0.6) is 0 Å². The van der Waals surface area contributed by atoms with Gasteiger partial charge in [0.25, 0.3) is 0 Å². The summed E-state index contributed by atoms with van der Waals surface area (Å²) in [7, 11) is 0.